The minimum atomic E-state index is -1.35. The zero-order valence-electron chi connectivity index (χ0n) is 39.4. The van der Waals surface area contributed by atoms with E-state index in [9.17, 15) is 33.6 Å². The van der Waals surface area contributed by atoms with Crippen LogP contribution in [0.1, 0.15) is 84.1 Å². The van der Waals surface area contributed by atoms with Crippen LogP contribution in [0.2, 0.25) is 0 Å². The van der Waals surface area contributed by atoms with Crippen molar-refractivity contribution < 1.29 is 62.0 Å². The van der Waals surface area contributed by atoms with Crippen LogP contribution in [-0.2, 0) is 78.8 Å². The van der Waals surface area contributed by atoms with Crippen molar-refractivity contribution in [3.05, 3.63) is 156 Å². The summed E-state index contributed by atoms with van der Waals surface area (Å²) in [5.41, 5.74) is 2.11. The molecule has 0 unspecified atom stereocenters. The molecule has 4 atom stereocenters. The molecule has 0 bridgehead atoms. The number of nitrogens with zero attached hydrogens (tertiary/aromatic N) is 2. The molecule has 2 saturated heterocycles. The molecule has 2 fully saturated rings. The predicted molar refractivity (Wildman–Crippen MR) is 255 cm³/mol. The maximum Gasteiger partial charge on any atom is 0.411 e. The van der Waals surface area contributed by atoms with Crippen LogP contribution in [0.5, 0.6) is 0 Å². The molecule has 0 spiro atoms. The summed E-state index contributed by atoms with van der Waals surface area (Å²) in [5, 5.41) is 0. The first-order chi connectivity index (χ1) is 32.3. The topological polar surface area (TPSA) is 181 Å². The summed E-state index contributed by atoms with van der Waals surface area (Å²) in [6.45, 7) is 13.9. The van der Waals surface area contributed by atoms with Gasteiger partial charge < -0.3 is 28.4 Å². The quantitative estimate of drug-likeness (QED) is 0.0747. The van der Waals surface area contributed by atoms with Crippen molar-refractivity contribution in [2.75, 3.05) is 13.1 Å². The Kier molecular flexibility index (Phi) is 19.8. The van der Waals surface area contributed by atoms with Crippen molar-refractivity contribution in [3.63, 3.8) is 0 Å². The minimum absolute atomic E-state index is 0. The van der Waals surface area contributed by atoms with Gasteiger partial charge in [-0.1, -0.05) is 141 Å². The molecule has 4 aromatic rings. The number of esters is 4. The first-order valence-corrected chi connectivity index (χ1v) is 22.3. The summed E-state index contributed by atoms with van der Waals surface area (Å²) in [6.07, 6.45) is -1.63. The molecular weight excluding hydrogens is 885 g/mol. The van der Waals surface area contributed by atoms with Gasteiger partial charge in [0, 0.05) is 13.0 Å². The van der Waals surface area contributed by atoms with Gasteiger partial charge in [-0.2, -0.15) is 0 Å². The van der Waals surface area contributed by atoms with Crippen LogP contribution in [0.4, 0.5) is 9.59 Å². The Morgan fingerprint density at radius 2 is 0.783 bits per heavy atom. The van der Waals surface area contributed by atoms with Crippen LogP contribution < -0.4 is 0 Å². The van der Waals surface area contributed by atoms with Gasteiger partial charge in [0.1, 0.15) is 49.7 Å². The maximum absolute atomic E-state index is 13.2. The van der Waals surface area contributed by atoms with Crippen molar-refractivity contribution in [3.8, 4) is 0 Å². The summed E-state index contributed by atoms with van der Waals surface area (Å²) in [4.78, 5) is 93.0. The molecule has 4 aromatic carbocycles. The zero-order valence-corrected chi connectivity index (χ0v) is 39.4. The summed E-state index contributed by atoms with van der Waals surface area (Å²) in [7, 11) is 0. The number of ketones is 1. The highest BCUT2D eigenvalue weighted by Crippen LogP contribution is 2.32. The highest BCUT2D eigenvalue weighted by atomic mass is 16.6. The molecular formula is C54H64N2O13. The molecule has 2 aliphatic heterocycles. The third kappa shape index (κ3) is 17.1. The molecule has 0 N–H and O–H groups in total. The van der Waals surface area contributed by atoms with Crippen LogP contribution in [0.25, 0.3) is 0 Å². The van der Waals surface area contributed by atoms with Crippen molar-refractivity contribution in [1.29, 1.82) is 0 Å². The number of carbonyl (C=O) groups is 7. The van der Waals surface area contributed by atoms with Gasteiger partial charge in [-0.25, -0.2) is 19.2 Å². The Morgan fingerprint density at radius 3 is 1.12 bits per heavy atom. The minimum Gasteiger partial charge on any atom is -0.460 e. The van der Waals surface area contributed by atoms with E-state index in [1.54, 1.807) is 90.1 Å². The van der Waals surface area contributed by atoms with Gasteiger partial charge in [0.25, 0.3) is 0 Å². The molecule has 15 nitrogen and oxygen atoms in total. The number of benzene rings is 4. The highest BCUT2D eigenvalue weighted by molar-refractivity contribution is 5.96. The van der Waals surface area contributed by atoms with Crippen LogP contribution in [0, 0.1) is 11.8 Å². The number of hydrogen-bond acceptors (Lipinski definition) is 13. The zero-order chi connectivity index (χ0) is 49.4. The van der Waals surface area contributed by atoms with Gasteiger partial charge in [-0.05, 0) is 70.2 Å². The number of Topliss-reactive ketones (excluding diaryl/α,β-unsaturated/α-hetero) is 1. The van der Waals surface area contributed by atoms with E-state index in [2.05, 4.69) is 6.58 Å². The Labute approximate surface area is 404 Å². The van der Waals surface area contributed by atoms with Crippen LogP contribution in [-0.4, -0.2) is 88.0 Å². The first-order valence-electron chi connectivity index (χ1n) is 22.3. The summed E-state index contributed by atoms with van der Waals surface area (Å²) in [6, 6.07) is 33.9. The van der Waals surface area contributed by atoms with Gasteiger partial charge in [0.2, 0.25) is 0 Å². The SMILES string of the molecule is C.C=C1C[C@H](C(=O)OC(C)(C)C)[C@@H](C(=O)OCc2ccccc2)N(C(=O)OCc2ccccc2)C1.CC(C)(C)OC(=O)[C@H]1CC(=O)CN(C(=O)OCc2ccccc2)[C@@H]1C(=O)OCc1ccccc1. The smallest absolute Gasteiger partial charge is 0.411 e. The van der Waals surface area contributed by atoms with Gasteiger partial charge in [-0.3, -0.25) is 24.2 Å². The maximum atomic E-state index is 13.2. The summed E-state index contributed by atoms with van der Waals surface area (Å²) in [5.74, 6) is -5.35. The van der Waals surface area contributed by atoms with Crippen molar-refractivity contribution >= 4 is 41.8 Å². The monoisotopic (exact) mass is 948 g/mol. The van der Waals surface area contributed by atoms with E-state index in [1.807, 2.05) is 72.8 Å². The van der Waals surface area contributed by atoms with E-state index >= 15 is 0 Å². The van der Waals surface area contributed by atoms with E-state index in [0.29, 0.717) is 5.57 Å². The van der Waals surface area contributed by atoms with Gasteiger partial charge in [-0.15, -0.1) is 0 Å². The molecule has 0 aliphatic carbocycles. The molecule has 2 aliphatic rings. The standard InChI is InChI=1S/C27H31NO6.C26H29NO7.CH4/c1-19-15-22(24(29)34-27(2,3)4)23(25(30)32-17-20-11-7-5-8-12-20)28(16-19)26(31)33-18-21-13-9-6-10-14-21;1-26(2,3)34-23(29)21-14-20(28)15-27(25(31)33-17-19-12-8-5-9-13-19)22(21)24(30)32-16-18-10-6-4-7-11-18;/h5-14,22-23H,1,15-18H2,2-4H3;4-13,21-22H,14-17H2,1-3H3;1H4/t22-,23-;21-,22-;/m00./s1. The molecule has 0 aromatic heterocycles. The second-order valence-electron chi connectivity index (χ2n) is 18.4. The van der Waals surface area contributed by atoms with E-state index in [0.717, 1.165) is 27.2 Å². The number of ether oxygens (including phenoxy) is 6. The number of rotatable bonds is 12. The van der Waals surface area contributed by atoms with Gasteiger partial charge >= 0.3 is 36.1 Å². The number of carbonyl (C=O) groups excluding carboxylic acids is 7. The third-order valence-corrected chi connectivity index (χ3v) is 10.4. The lowest BCUT2D eigenvalue weighted by molar-refractivity contribution is -0.173. The highest BCUT2D eigenvalue weighted by Gasteiger charge is 2.49. The van der Waals surface area contributed by atoms with E-state index < -0.39 is 71.2 Å². The lowest BCUT2D eigenvalue weighted by atomic mass is 9.86. The Balaban J connectivity index is 0.000000296. The van der Waals surface area contributed by atoms with Gasteiger partial charge in [0.05, 0.1) is 18.4 Å². The van der Waals surface area contributed by atoms with Crippen LogP contribution >= 0.6 is 0 Å². The second kappa shape index (κ2) is 25.2. The molecule has 368 valence electrons. The number of hydrogen-bond donors (Lipinski definition) is 0. The molecule has 2 heterocycles. The lowest BCUT2D eigenvalue weighted by Gasteiger charge is -2.39. The van der Waals surface area contributed by atoms with Gasteiger partial charge in [0.15, 0.2) is 5.78 Å². The Hall–Kier alpha value is -7.29. The average molecular weight is 949 g/mol. The number of amides is 2. The Bertz CT molecular complexity index is 2190. The molecule has 0 radical (unpaired) electrons. The van der Waals surface area contributed by atoms with Crippen LogP contribution in [0.3, 0.4) is 0 Å². The average Bonchev–Trinajstić information content (AvgIpc) is 3.30. The molecule has 15 heteroatoms. The number of likely N-dealkylation sites (tertiary alicyclic amines) is 2. The fourth-order valence-corrected chi connectivity index (χ4v) is 7.32. The van der Waals surface area contributed by atoms with Crippen molar-refractivity contribution in [1.82, 2.24) is 9.80 Å². The first kappa shape index (κ1) is 54.3. The largest absolute Gasteiger partial charge is 0.460 e. The normalized spacial score (nSPS) is 17.9. The number of piperidine rings is 2. The van der Waals surface area contributed by atoms with E-state index in [-0.39, 0.29) is 65.6 Å². The molecule has 6 rings (SSSR count). The molecule has 0 saturated carbocycles. The fraction of sp³-hybridized carbons (Fsp3) is 0.389. The molecule has 2 amide bonds. The van der Waals surface area contributed by atoms with Crippen LogP contribution in [0.15, 0.2) is 133 Å². The summed E-state index contributed by atoms with van der Waals surface area (Å²) < 4.78 is 32.8. The van der Waals surface area contributed by atoms with E-state index in [4.69, 9.17) is 28.4 Å². The fourth-order valence-electron chi connectivity index (χ4n) is 7.32. The lowest BCUT2D eigenvalue weighted by Crippen LogP contribution is -2.58. The summed E-state index contributed by atoms with van der Waals surface area (Å²) >= 11 is 0. The third-order valence-electron chi connectivity index (χ3n) is 10.4. The van der Waals surface area contributed by atoms with E-state index in [1.165, 1.54) is 4.90 Å². The molecule has 69 heavy (non-hydrogen) atoms. The predicted octanol–water partition coefficient (Wildman–Crippen LogP) is 8.96. The van der Waals surface area contributed by atoms with Crippen molar-refractivity contribution in [2.24, 2.45) is 11.8 Å². The second-order valence-corrected chi connectivity index (χ2v) is 18.4. The van der Waals surface area contributed by atoms with Crippen molar-refractivity contribution in [2.45, 2.75) is 112 Å². The Morgan fingerprint density at radius 1 is 0.478 bits per heavy atom.